The smallest absolute Gasteiger partial charge is 0.286 e. The van der Waals surface area contributed by atoms with Gasteiger partial charge in [0.15, 0.2) is 0 Å². The number of carbonyl (C=O) groups excluding carboxylic acids is 1. The topological polar surface area (TPSA) is 82.3 Å². The predicted molar refractivity (Wildman–Crippen MR) is 91.0 cm³/mol. The number of ether oxygens (including phenoxy) is 1. The number of aliphatic hydroxyl groups is 1. The molecule has 2 rings (SSSR count). The molecule has 1 aromatic carbocycles. The maximum atomic E-state index is 12.4. The molecule has 1 unspecified atom stereocenters. The normalized spacial score (nSPS) is 19.8. The lowest BCUT2D eigenvalue weighted by molar-refractivity contribution is -0.118. The van der Waals surface area contributed by atoms with Crippen molar-refractivity contribution in [3.05, 3.63) is 58.2 Å². The van der Waals surface area contributed by atoms with Gasteiger partial charge in [0.1, 0.15) is 5.57 Å². The van der Waals surface area contributed by atoms with Crippen LogP contribution in [0.5, 0.6) is 0 Å². The van der Waals surface area contributed by atoms with Gasteiger partial charge in [-0.1, -0.05) is 38.1 Å². The number of nitrogens with zero attached hydrogens (tertiary/aromatic N) is 1. The van der Waals surface area contributed by atoms with Crippen molar-refractivity contribution in [2.75, 3.05) is 6.61 Å². The molecule has 1 aliphatic rings. The second kappa shape index (κ2) is 7.22. The first-order valence-corrected chi connectivity index (χ1v) is 7.98. The molecule has 0 bridgehead atoms. The van der Waals surface area contributed by atoms with E-state index < -0.39 is 17.8 Å². The van der Waals surface area contributed by atoms with E-state index in [1.807, 2.05) is 24.3 Å². The number of amides is 1. The molecule has 0 fully saturated rings. The number of hydrogen-bond acceptors (Lipinski definition) is 4. The van der Waals surface area contributed by atoms with Crippen molar-refractivity contribution in [1.29, 1.82) is 5.26 Å². The van der Waals surface area contributed by atoms with Gasteiger partial charge in [0.25, 0.3) is 11.9 Å². The van der Waals surface area contributed by atoms with E-state index in [4.69, 9.17) is 4.74 Å². The molecule has 0 saturated carbocycles. The molecule has 1 heterocycles. The van der Waals surface area contributed by atoms with Gasteiger partial charge < -0.3 is 15.2 Å². The van der Waals surface area contributed by atoms with Gasteiger partial charge in [-0.2, -0.15) is 5.26 Å². The Morgan fingerprint density at radius 3 is 2.50 bits per heavy atom. The number of nitriles is 1. The van der Waals surface area contributed by atoms with Gasteiger partial charge in [0, 0.05) is 5.70 Å². The first-order valence-electron chi connectivity index (χ1n) is 7.98. The van der Waals surface area contributed by atoms with Crippen LogP contribution in [0.1, 0.15) is 50.7 Å². The molecule has 0 saturated heterocycles. The Bertz CT molecular complexity index is 737. The highest BCUT2D eigenvalue weighted by molar-refractivity contribution is 5.99. The average Bonchev–Trinajstić information content (AvgIpc) is 2.54. The molecule has 0 aromatic heterocycles. The Labute approximate surface area is 142 Å². The van der Waals surface area contributed by atoms with E-state index in [1.165, 1.54) is 0 Å². The molecule has 24 heavy (non-hydrogen) atoms. The molecule has 1 aliphatic heterocycles. The van der Waals surface area contributed by atoms with Crippen molar-refractivity contribution in [1.82, 2.24) is 5.32 Å². The lowest BCUT2D eigenvalue weighted by Gasteiger charge is -2.27. The van der Waals surface area contributed by atoms with Crippen LogP contribution in [-0.4, -0.2) is 17.6 Å². The van der Waals surface area contributed by atoms with Crippen LogP contribution in [0.2, 0.25) is 0 Å². The van der Waals surface area contributed by atoms with Crippen LogP contribution in [-0.2, 0) is 9.53 Å². The summed E-state index contributed by atoms with van der Waals surface area (Å²) in [6.45, 7) is 7.82. The number of hydrogen-bond donors (Lipinski definition) is 2. The number of benzene rings is 1. The molecule has 1 amide bonds. The van der Waals surface area contributed by atoms with Gasteiger partial charge in [0.05, 0.1) is 24.2 Å². The fourth-order valence-corrected chi connectivity index (χ4v) is 2.79. The van der Waals surface area contributed by atoms with Crippen molar-refractivity contribution in [3.8, 4) is 6.07 Å². The Morgan fingerprint density at radius 2 is 2.00 bits per heavy atom. The van der Waals surface area contributed by atoms with Crippen LogP contribution in [0.3, 0.4) is 0 Å². The van der Waals surface area contributed by atoms with Crippen molar-refractivity contribution in [3.63, 3.8) is 0 Å². The van der Waals surface area contributed by atoms with Crippen LogP contribution in [0.4, 0.5) is 0 Å². The highest BCUT2D eigenvalue weighted by Gasteiger charge is 2.36. The van der Waals surface area contributed by atoms with E-state index in [9.17, 15) is 15.2 Å². The summed E-state index contributed by atoms with van der Waals surface area (Å²) in [7, 11) is 0. The lowest BCUT2D eigenvalue weighted by atomic mass is 9.81. The summed E-state index contributed by atoms with van der Waals surface area (Å²) >= 11 is 0. The Hall–Kier alpha value is -2.74. The van der Waals surface area contributed by atoms with Crippen LogP contribution in [0.15, 0.2) is 47.1 Å². The third-order valence-electron chi connectivity index (χ3n) is 4.10. The minimum absolute atomic E-state index is 0.0660. The highest BCUT2D eigenvalue weighted by Crippen LogP contribution is 2.38. The first-order chi connectivity index (χ1) is 11.4. The van der Waals surface area contributed by atoms with Gasteiger partial charge in [-0.15, -0.1) is 0 Å². The summed E-state index contributed by atoms with van der Waals surface area (Å²) in [4.78, 5) is 12.4. The second-order valence-corrected chi connectivity index (χ2v) is 6.01. The number of allylic oxidation sites excluding steroid dienone is 2. The van der Waals surface area contributed by atoms with Crippen molar-refractivity contribution >= 4 is 5.91 Å². The van der Waals surface area contributed by atoms with Crippen molar-refractivity contribution < 1.29 is 14.6 Å². The van der Waals surface area contributed by atoms with Crippen LogP contribution < -0.4 is 5.32 Å². The minimum Gasteiger partial charge on any atom is -0.481 e. The Balaban J connectivity index is 2.62. The molecule has 1 aromatic rings. The molecule has 0 radical (unpaired) electrons. The van der Waals surface area contributed by atoms with Gasteiger partial charge in [0.2, 0.25) is 0 Å². The van der Waals surface area contributed by atoms with E-state index in [1.54, 1.807) is 13.8 Å². The number of aliphatic hydroxyl groups excluding tert-OH is 1. The van der Waals surface area contributed by atoms with E-state index >= 15 is 0 Å². The highest BCUT2D eigenvalue weighted by atomic mass is 16.6. The molecular formula is C19H22N2O3. The van der Waals surface area contributed by atoms with E-state index in [-0.39, 0.29) is 12.2 Å². The molecule has 5 nitrogen and oxygen atoms in total. The third-order valence-corrected chi connectivity index (χ3v) is 4.10. The van der Waals surface area contributed by atoms with Gasteiger partial charge >= 0.3 is 0 Å². The van der Waals surface area contributed by atoms with E-state index in [0.29, 0.717) is 17.2 Å². The average molecular weight is 326 g/mol. The molecule has 1 atom stereocenters. The molecular weight excluding hydrogens is 304 g/mol. The summed E-state index contributed by atoms with van der Waals surface area (Å²) in [5, 5.41) is 22.3. The molecule has 126 valence electrons. The Morgan fingerprint density at radius 1 is 1.38 bits per heavy atom. The van der Waals surface area contributed by atoms with Crippen molar-refractivity contribution in [2.24, 2.45) is 0 Å². The standard InChI is InChI=1S/C19H22N2O3/c1-5-24-19(23)17-16(15(10-20)12(4)21-18(17)22)14-8-6-13(7-9-14)11(2)3/h6-9,11,16,23H,5H2,1-4H3,(H,21,22)/b19-17+. The molecule has 0 spiro atoms. The zero-order valence-electron chi connectivity index (χ0n) is 14.4. The summed E-state index contributed by atoms with van der Waals surface area (Å²) < 4.78 is 5.14. The summed E-state index contributed by atoms with van der Waals surface area (Å²) in [5.74, 6) is -1.15. The SMILES string of the molecule is CCO/C(O)=C1/C(=O)NC(C)=C(C#N)C1c1ccc(C(C)C)cc1. The number of nitrogens with one attached hydrogen (secondary N) is 1. The summed E-state index contributed by atoms with van der Waals surface area (Å²) in [6, 6.07) is 9.89. The maximum absolute atomic E-state index is 12.4. The summed E-state index contributed by atoms with van der Waals surface area (Å²) in [6.07, 6.45) is 0. The molecule has 0 aliphatic carbocycles. The fraction of sp³-hybridized carbons (Fsp3) is 0.368. The molecule has 2 N–H and O–H groups in total. The number of carbonyl (C=O) groups is 1. The van der Waals surface area contributed by atoms with Gasteiger partial charge in [-0.25, -0.2) is 0 Å². The molecule has 5 heteroatoms. The van der Waals surface area contributed by atoms with Gasteiger partial charge in [-0.3, -0.25) is 4.79 Å². The fourth-order valence-electron chi connectivity index (χ4n) is 2.79. The number of rotatable bonds is 4. The van der Waals surface area contributed by atoms with Crippen LogP contribution in [0, 0.1) is 11.3 Å². The second-order valence-electron chi connectivity index (χ2n) is 6.01. The quantitative estimate of drug-likeness (QED) is 0.654. The Kier molecular flexibility index (Phi) is 5.30. The predicted octanol–water partition coefficient (Wildman–Crippen LogP) is 3.63. The third kappa shape index (κ3) is 3.28. The van der Waals surface area contributed by atoms with Crippen LogP contribution in [0.25, 0.3) is 0 Å². The largest absolute Gasteiger partial charge is 0.481 e. The minimum atomic E-state index is -0.642. The monoisotopic (exact) mass is 326 g/mol. The zero-order chi connectivity index (χ0) is 17.9. The van der Waals surface area contributed by atoms with Crippen LogP contribution >= 0.6 is 0 Å². The lowest BCUT2D eigenvalue weighted by Crippen LogP contribution is -2.34. The first kappa shape index (κ1) is 17.6. The van der Waals surface area contributed by atoms with Crippen molar-refractivity contribution in [2.45, 2.75) is 39.5 Å². The summed E-state index contributed by atoms with van der Waals surface area (Å²) in [5.41, 5.74) is 2.89. The van der Waals surface area contributed by atoms with E-state index in [0.717, 1.165) is 11.1 Å². The van der Waals surface area contributed by atoms with E-state index in [2.05, 4.69) is 25.2 Å². The maximum Gasteiger partial charge on any atom is 0.286 e. The zero-order valence-corrected chi connectivity index (χ0v) is 14.4. The van der Waals surface area contributed by atoms with Gasteiger partial charge in [-0.05, 0) is 30.9 Å².